The Bertz CT molecular complexity index is 174. The fourth-order valence-corrected chi connectivity index (χ4v) is 1.77. The lowest BCUT2D eigenvalue weighted by molar-refractivity contribution is 0.674. The molecule has 0 nitrogen and oxygen atoms in total. The first kappa shape index (κ1) is 10.6. The van der Waals surface area contributed by atoms with Gasteiger partial charge in [0.05, 0.1) is 0 Å². The molecule has 1 rings (SSSR count). The fourth-order valence-electron chi connectivity index (χ4n) is 1.77. The van der Waals surface area contributed by atoms with Gasteiger partial charge >= 0.3 is 0 Å². The third kappa shape index (κ3) is 4.92. The summed E-state index contributed by atoms with van der Waals surface area (Å²) in [6, 6.07) is 0. The molecule has 0 aromatic carbocycles. The van der Waals surface area contributed by atoms with Gasteiger partial charge in [0, 0.05) is 0 Å². The van der Waals surface area contributed by atoms with E-state index < -0.39 is 0 Å². The highest BCUT2D eigenvalue weighted by atomic mass is 14.0. The van der Waals surface area contributed by atoms with Crippen LogP contribution in [-0.2, 0) is 0 Å². The second-order valence-corrected chi connectivity index (χ2v) is 3.92. The normalized spacial score (nSPS) is 16.8. The molecule has 0 fully saturated rings. The van der Waals surface area contributed by atoms with E-state index in [4.69, 9.17) is 0 Å². The van der Waals surface area contributed by atoms with Crippen LogP contribution in [-0.4, -0.2) is 0 Å². The van der Waals surface area contributed by atoms with Crippen LogP contribution in [0.1, 0.15) is 58.3 Å². The molecule has 0 aromatic heterocycles. The van der Waals surface area contributed by atoms with Crippen molar-refractivity contribution in [2.45, 2.75) is 58.3 Å². The maximum absolute atomic E-state index is 2.38. The van der Waals surface area contributed by atoms with E-state index in [0.717, 1.165) is 0 Å². The summed E-state index contributed by atoms with van der Waals surface area (Å²) in [7, 11) is 0. The van der Waals surface area contributed by atoms with E-state index in [1.807, 2.05) is 0 Å². The Hall–Kier alpha value is -0.520. The Balaban J connectivity index is 1.98. The summed E-state index contributed by atoms with van der Waals surface area (Å²) in [6.07, 6.45) is 17.8. The van der Waals surface area contributed by atoms with Gasteiger partial charge in [-0.05, 0) is 32.1 Å². The maximum Gasteiger partial charge on any atom is -0.0279 e. The molecule has 0 amide bonds. The van der Waals surface area contributed by atoms with Crippen LogP contribution in [0.4, 0.5) is 0 Å². The van der Waals surface area contributed by atoms with Crippen LogP contribution in [0.15, 0.2) is 23.8 Å². The van der Waals surface area contributed by atoms with Gasteiger partial charge in [-0.3, -0.25) is 0 Å². The Labute approximate surface area is 82.7 Å². The summed E-state index contributed by atoms with van der Waals surface area (Å²) in [5.41, 5.74) is 1.57. The van der Waals surface area contributed by atoms with Crippen LogP contribution in [0.3, 0.4) is 0 Å². The molecule has 0 atom stereocenters. The lowest BCUT2D eigenvalue weighted by Gasteiger charge is -1.94. The average molecular weight is 178 g/mol. The first-order valence-electron chi connectivity index (χ1n) is 5.79. The first-order valence-corrected chi connectivity index (χ1v) is 5.79. The van der Waals surface area contributed by atoms with Gasteiger partial charge in [-0.15, -0.1) is 0 Å². The number of hydrogen-bond donors (Lipinski definition) is 0. The van der Waals surface area contributed by atoms with Gasteiger partial charge < -0.3 is 0 Å². The Morgan fingerprint density at radius 1 is 1.31 bits per heavy atom. The van der Waals surface area contributed by atoms with Gasteiger partial charge in [0.2, 0.25) is 0 Å². The number of unbranched alkanes of at least 4 members (excludes halogenated alkanes) is 4. The van der Waals surface area contributed by atoms with Crippen molar-refractivity contribution in [3.8, 4) is 0 Å². The van der Waals surface area contributed by atoms with Gasteiger partial charge in [0.15, 0.2) is 0 Å². The smallest absolute Gasteiger partial charge is 0.0279 e. The predicted molar refractivity (Wildman–Crippen MR) is 59.8 cm³/mol. The van der Waals surface area contributed by atoms with E-state index in [-0.39, 0.29) is 0 Å². The van der Waals surface area contributed by atoms with Crippen LogP contribution in [0.2, 0.25) is 0 Å². The van der Waals surface area contributed by atoms with Gasteiger partial charge in [0.25, 0.3) is 0 Å². The molecular formula is C13H22. The molecule has 0 bridgehead atoms. The highest BCUT2D eigenvalue weighted by molar-refractivity contribution is 5.21. The predicted octanol–water partition coefficient (Wildman–Crippen LogP) is 4.62. The molecule has 0 saturated carbocycles. The molecule has 1 aliphatic rings. The molecule has 1 aliphatic carbocycles. The summed E-state index contributed by atoms with van der Waals surface area (Å²) >= 11 is 0. The summed E-state index contributed by atoms with van der Waals surface area (Å²) in [4.78, 5) is 0. The van der Waals surface area contributed by atoms with Gasteiger partial charge in [-0.2, -0.15) is 0 Å². The molecular weight excluding hydrogens is 156 g/mol. The van der Waals surface area contributed by atoms with E-state index in [1.54, 1.807) is 5.57 Å². The number of allylic oxidation sites excluding steroid dienone is 4. The minimum absolute atomic E-state index is 1.28. The van der Waals surface area contributed by atoms with Crippen molar-refractivity contribution in [1.82, 2.24) is 0 Å². The van der Waals surface area contributed by atoms with Crippen molar-refractivity contribution in [3.05, 3.63) is 23.8 Å². The minimum atomic E-state index is 1.28. The molecule has 0 radical (unpaired) electrons. The van der Waals surface area contributed by atoms with E-state index in [1.165, 1.54) is 51.4 Å². The summed E-state index contributed by atoms with van der Waals surface area (Å²) < 4.78 is 0. The van der Waals surface area contributed by atoms with Gasteiger partial charge in [0.1, 0.15) is 0 Å². The maximum atomic E-state index is 2.38. The minimum Gasteiger partial charge on any atom is -0.0843 e. The van der Waals surface area contributed by atoms with Crippen LogP contribution >= 0.6 is 0 Å². The Morgan fingerprint density at radius 2 is 2.23 bits per heavy atom. The second kappa shape index (κ2) is 6.94. The third-order valence-electron chi connectivity index (χ3n) is 2.63. The first-order chi connectivity index (χ1) is 6.43. The van der Waals surface area contributed by atoms with Gasteiger partial charge in [-0.25, -0.2) is 0 Å². The summed E-state index contributed by atoms with van der Waals surface area (Å²) in [5, 5.41) is 0. The zero-order valence-corrected chi connectivity index (χ0v) is 8.89. The lowest BCUT2D eigenvalue weighted by Crippen LogP contribution is -1.74. The zero-order chi connectivity index (χ0) is 9.36. The molecule has 74 valence electrons. The summed E-state index contributed by atoms with van der Waals surface area (Å²) in [6.45, 7) is 2.26. The molecule has 0 aliphatic heterocycles. The van der Waals surface area contributed by atoms with Crippen LogP contribution in [0.5, 0.6) is 0 Å². The summed E-state index contributed by atoms with van der Waals surface area (Å²) in [5.74, 6) is 0. The molecule has 0 unspecified atom stereocenters. The molecule has 0 spiro atoms. The largest absolute Gasteiger partial charge is 0.0843 e. The highest BCUT2D eigenvalue weighted by Gasteiger charge is 1.98. The van der Waals surface area contributed by atoms with E-state index >= 15 is 0 Å². The molecule has 0 N–H and O–H groups in total. The lowest BCUT2D eigenvalue weighted by atomic mass is 10.1. The molecule has 0 heteroatoms. The zero-order valence-electron chi connectivity index (χ0n) is 8.89. The highest BCUT2D eigenvalue weighted by Crippen LogP contribution is 2.18. The van der Waals surface area contributed by atoms with Crippen molar-refractivity contribution in [2.24, 2.45) is 0 Å². The SMILES string of the molecule is CCCCCC/C=C\C1=CCCC1. The monoisotopic (exact) mass is 178 g/mol. The van der Waals surface area contributed by atoms with Crippen molar-refractivity contribution in [2.75, 3.05) is 0 Å². The topological polar surface area (TPSA) is 0 Å². The van der Waals surface area contributed by atoms with E-state index in [2.05, 4.69) is 25.2 Å². The van der Waals surface area contributed by atoms with E-state index in [0.29, 0.717) is 0 Å². The Kier molecular flexibility index (Phi) is 5.64. The average Bonchev–Trinajstić information content (AvgIpc) is 2.63. The van der Waals surface area contributed by atoms with Crippen LogP contribution in [0, 0.1) is 0 Å². The van der Waals surface area contributed by atoms with Crippen molar-refractivity contribution < 1.29 is 0 Å². The second-order valence-electron chi connectivity index (χ2n) is 3.92. The quantitative estimate of drug-likeness (QED) is 0.520. The molecule has 0 aromatic rings. The molecule has 13 heavy (non-hydrogen) atoms. The standard InChI is InChI=1S/C13H22/c1-2-3-4-5-6-7-10-13-11-8-9-12-13/h7,10-11H,2-6,8-9,12H2,1H3/b10-7-. The van der Waals surface area contributed by atoms with Gasteiger partial charge in [-0.1, -0.05) is 50.0 Å². The van der Waals surface area contributed by atoms with Crippen molar-refractivity contribution in [1.29, 1.82) is 0 Å². The number of rotatable bonds is 6. The third-order valence-corrected chi connectivity index (χ3v) is 2.63. The van der Waals surface area contributed by atoms with Crippen molar-refractivity contribution in [3.63, 3.8) is 0 Å². The molecule has 0 heterocycles. The number of hydrogen-bond acceptors (Lipinski definition) is 0. The van der Waals surface area contributed by atoms with Crippen LogP contribution in [0.25, 0.3) is 0 Å². The fraction of sp³-hybridized carbons (Fsp3) is 0.692. The van der Waals surface area contributed by atoms with E-state index in [9.17, 15) is 0 Å². The van der Waals surface area contributed by atoms with Crippen molar-refractivity contribution >= 4 is 0 Å². The molecule has 0 saturated heterocycles. The Morgan fingerprint density at radius 3 is 2.92 bits per heavy atom. The van der Waals surface area contributed by atoms with Crippen LogP contribution < -0.4 is 0 Å².